The normalized spacial score (nSPS) is 26.4. The fourth-order valence-electron chi connectivity index (χ4n) is 3.57. The monoisotopic (exact) mass is 326 g/mol. The first-order valence-corrected chi connectivity index (χ1v) is 7.35. The molecule has 0 bridgehead atoms. The molecule has 0 aliphatic heterocycles. The van der Waals surface area contributed by atoms with Crippen LogP contribution in [0.4, 0.5) is 0 Å². The number of carbonyl (C=O) groups is 2. The molecule has 0 aromatic rings. The van der Waals surface area contributed by atoms with Gasteiger partial charge in [0.1, 0.15) is 0 Å². The molecule has 2 saturated carbocycles. The van der Waals surface area contributed by atoms with Crippen LogP contribution >= 0.6 is 0 Å². The van der Waals surface area contributed by atoms with Gasteiger partial charge in [-0.25, -0.2) is 0 Å². The van der Waals surface area contributed by atoms with Crippen molar-refractivity contribution in [1.29, 1.82) is 0 Å². The number of carbonyl (C=O) groups excluding carboxylic acids is 2. The molecule has 0 unspecified atom stereocenters. The molecule has 2 rings (SSSR count). The van der Waals surface area contributed by atoms with Gasteiger partial charge in [0.15, 0.2) is 0 Å². The second kappa shape index (κ2) is 10.5. The first kappa shape index (κ1) is 22.6. The molecule has 112 valence electrons. The second-order valence-electron chi connectivity index (χ2n) is 5.89. The van der Waals surface area contributed by atoms with Crippen LogP contribution in [0.15, 0.2) is 11.1 Å². The molecule has 0 amide bonds. The predicted octanol–water partition coefficient (Wildman–Crippen LogP) is -6.47. The van der Waals surface area contributed by atoms with E-state index in [4.69, 9.17) is 0 Å². The minimum Gasteiger partial charge on any atom is -0.545 e. The van der Waals surface area contributed by atoms with Crippen molar-refractivity contribution in [2.75, 3.05) is 0 Å². The van der Waals surface area contributed by atoms with Crippen molar-refractivity contribution in [3.8, 4) is 0 Å². The van der Waals surface area contributed by atoms with Crippen LogP contribution in [0, 0.1) is 11.8 Å². The van der Waals surface area contributed by atoms with Crippen LogP contribution in [0.1, 0.15) is 51.4 Å². The second-order valence-corrected chi connectivity index (χ2v) is 5.89. The predicted molar refractivity (Wildman–Crippen MR) is 67.0 cm³/mol. The first-order valence-electron chi connectivity index (χ1n) is 7.35. The number of hydrogen-bond acceptors (Lipinski definition) is 5. The molecule has 0 saturated heterocycles. The van der Waals surface area contributed by atoms with E-state index in [-0.39, 0.29) is 82.1 Å². The molecular formula is C15H20Na2O5. The van der Waals surface area contributed by atoms with Crippen molar-refractivity contribution in [1.82, 2.24) is 0 Å². The number of hydrogen-bond donors (Lipinski definition) is 1. The Morgan fingerprint density at radius 1 is 0.727 bits per heavy atom. The van der Waals surface area contributed by atoms with Gasteiger partial charge in [0.25, 0.3) is 0 Å². The smallest absolute Gasteiger partial charge is 0.545 e. The molecule has 0 heterocycles. The van der Waals surface area contributed by atoms with Crippen molar-refractivity contribution in [3.63, 3.8) is 0 Å². The summed E-state index contributed by atoms with van der Waals surface area (Å²) in [5.41, 5.74) is -0.132. The maximum Gasteiger partial charge on any atom is 1.00 e. The van der Waals surface area contributed by atoms with Gasteiger partial charge in [0, 0.05) is 0 Å². The summed E-state index contributed by atoms with van der Waals surface area (Å²) in [4.78, 5) is 22.9. The van der Waals surface area contributed by atoms with Crippen LogP contribution in [0.3, 0.4) is 0 Å². The molecule has 5 nitrogen and oxygen atoms in total. The molecule has 0 radical (unpaired) electrons. The number of aliphatic carboxylic acids is 2. The molecule has 0 spiro atoms. The van der Waals surface area contributed by atoms with Crippen LogP contribution in [-0.4, -0.2) is 23.1 Å². The Morgan fingerprint density at radius 2 is 1.09 bits per heavy atom. The molecule has 1 N–H and O–H groups in total. The number of rotatable bonds is 4. The number of carboxylic acids is 2. The standard InChI is InChI=1S/C15H22O5.2Na/c16-11-7-5-10(6-8-11)13(15(19)20)12(14(17)18)9-3-1-2-4-9;;/h9-11,16H,1-8H2,(H,17,18)(H,19,20);;/q;2*+1/p-2/b13-12-;;/t10-,11+;;. The number of aliphatic hydroxyl groups is 1. The van der Waals surface area contributed by atoms with Gasteiger partial charge >= 0.3 is 59.1 Å². The molecule has 0 aromatic carbocycles. The van der Waals surface area contributed by atoms with E-state index in [1.807, 2.05) is 0 Å². The summed E-state index contributed by atoms with van der Waals surface area (Å²) in [5.74, 6) is -3.32. The minimum absolute atomic E-state index is 0. The van der Waals surface area contributed by atoms with Gasteiger partial charge in [-0.1, -0.05) is 12.8 Å². The molecule has 2 aliphatic rings. The van der Waals surface area contributed by atoms with Crippen molar-refractivity contribution >= 4 is 11.9 Å². The Labute approximate surface area is 175 Å². The van der Waals surface area contributed by atoms with E-state index in [0.717, 1.165) is 12.8 Å². The third kappa shape index (κ3) is 5.62. The molecule has 22 heavy (non-hydrogen) atoms. The van der Waals surface area contributed by atoms with E-state index in [1.165, 1.54) is 0 Å². The SMILES string of the molecule is O=C([O-])/C(=C(\C(=O)[O-])[C@H]1CC[C@@H](O)CC1)C1CCCC1.[Na+].[Na+]. The Hall–Kier alpha value is 0.640. The van der Waals surface area contributed by atoms with Crippen LogP contribution in [0.2, 0.25) is 0 Å². The average molecular weight is 326 g/mol. The molecule has 0 atom stereocenters. The van der Waals surface area contributed by atoms with Crippen LogP contribution in [-0.2, 0) is 9.59 Å². The summed E-state index contributed by atoms with van der Waals surface area (Å²) >= 11 is 0. The van der Waals surface area contributed by atoms with Gasteiger partial charge in [0.2, 0.25) is 0 Å². The third-order valence-corrected chi connectivity index (χ3v) is 4.60. The fourth-order valence-corrected chi connectivity index (χ4v) is 3.57. The molecule has 2 fully saturated rings. The summed E-state index contributed by atoms with van der Waals surface area (Å²) in [7, 11) is 0. The van der Waals surface area contributed by atoms with E-state index in [2.05, 4.69) is 0 Å². The Bertz CT molecular complexity index is 422. The van der Waals surface area contributed by atoms with Gasteiger partial charge in [-0.3, -0.25) is 0 Å². The fraction of sp³-hybridized carbons (Fsp3) is 0.733. The van der Waals surface area contributed by atoms with E-state index < -0.39 is 18.0 Å². The van der Waals surface area contributed by atoms with Crippen molar-refractivity contribution in [2.45, 2.75) is 57.5 Å². The van der Waals surface area contributed by atoms with Gasteiger partial charge < -0.3 is 24.9 Å². The molecule has 2 aliphatic carbocycles. The van der Waals surface area contributed by atoms with Gasteiger partial charge in [0.05, 0.1) is 18.0 Å². The minimum atomic E-state index is -1.39. The van der Waals surface area contributed by atoms with Gasteiger partial charge in [-0.15, -0.1) is 0 Å². The van der Waals surface area contributed by atoms with E-state index in [0.29, 0.717) is 38.5 Å². The summed E-state index contributed by atoms with van der Waals surface area (Å²) in [5, 5.41) is 32.4. The zero-order valence-electron chi connectivity index (χ0n) is 13.5. The van der Waals surface area contributed by atoms with E-state index >= 15 is 0 Å². The van der Waals surface area contributed by atoms with Gasteiger partial charge in [-0.05, 0) is 61.5 Å². The van der Waals surface area contributed by atoms with Crippen molar-refractivity contribution < 1.29 is 84.0 Å². The summed E-state index contributed by atoms with van der Waals surface area (Å²) in [6.45, 7) is 0. The van der Waals surface area contributed by atoms with Crippen LogP contribution in [0.25, 0.3) is 0 Å². The van der Waals surface area contributed by atoms with Gasteiger partial charge in [-0.2, -0.15) is 0 Å². The number of carboxylic acid groups (broad SMARTS) is 2. The summed E-state index contributed by atoms with van der Waals surface area (Å²) in [6, 6.07) is 0. The zero-order chi connectivity index (χ0) is 14.7. The first-order chi connectivity index (χ1) is 9.50. The van der Waals surface area contributed by atoms with Crippen molar-refractivity contribution in [3.05, 3.63) is 11.1 Å². The third-order valence-electron chi connectivity index (χ3n) is 4.60. The van der Waals surface area contributed by atoms with Crippen molar-refractivity contribution in [2.24, 2.45) is 11.8 Å². The average Bonchev–Trinajstić information content (AvgIpc) is 2.89. The molecule has 0 aromatic heterocycles. The van der Waals surface area contributed by atoms with Crippen LogP contribution in [0.5, 0.6) is 0 Å². The summed E-state index contributed by atoms with van der Waals surface area (Å²) in [6.07, 6.45) is 4.84. The molecule has 7 heteroatoms. The van der Waals surface area contributed by atoms with E-state index in [1.54, 1.807) is 0 Å². The largest absolute Gasteiger partial charge is 1.00 e. The maximum absolute atomic E-state index is 11.5. The van der Waals surface area contributed by atoms with E-state index in [9.17, 15) is 24.9 Å². The Kier molecular flexibility index (Phi) is 10.8. The zero-order valence-corrected chi connectivity index (χ0v) is 17.5. The Morgan fingerprint density at radius 3 is 1.45 bits per heavy atom. The molecular weight excluding hydrogens is 306 g/mol. The Balaban J connectivity index is 0.00000220. The summed E-state index contributed by atoms with van der Waals surface area (Å²) < 4.78 is 0. The topological polar surface area (TPSA) is 100 Å². The maximum atomic E-state index is 11.5. The van der Waals surface area contributed by atoms with Crippen LogP contribution < -0.4 is 69.3 Å². The number of aliphatic hydroxyl groups excluding tert-OH is 1. The quantitative estimate of drug-likeness (QED) is 0.409.